The molecule has 1 aromatic heterocycles. The summed E-state index contributed by atoms with van der Waals surface area (Å²) in [5, 5.41) is 14.4. The van der Waals surface area contributed by atoms with E-state index in [4.69, 9.17) is 0 Å². The van der Waals surface area contributed by atoms with Gasteiger partial charge in [-0.25, -0.2) is 0 Å². The Kier molecular flexibility index (Phi) is 5.33. The van der Waals surface area contributed by atoms with E-state index < -0.39 is 4.92 Å². The van der Waals surface area contributed by atoms with E-state index in [1.54, 1.807) is 18.5 Å². The molecule has 7 nitrogen and oxygen atoms in total. The van der Waals surface area contributed by atoms with E-state index >= 15 is 0 Å². The first-order valence-corrected chi connectivity index (χ1v) is 8.72. The largest absolute Gasteiger partial charge is 0.406 e. The third kappa shape index (κ3) is 4.17. The number of anilines is 1. The van der Waals surface area contributed by atoms with Crippen molar-refractivity contribution in [3.8, 4) is 0 Å². The number of aromatic nitrogens is 2. The summed E-state index contributed by atoms with van der Waals surface area (Å²) < 4.78 is 1.75. The second-order valence-corrected chi connectivity index (χ2v) is 6.72. The summed E-state index contributed by atoms with van der Waals surface area (Å²) in [6.45, 7) is 5.70. The van der Waals surface area contributed by atoms with Crippen LogP contribution in [0.15, 0.2) is 30.3 Å². The lowest BCUT2D eigenvalue weighted by molar-refractivity contribution is -0.388. The Morgan fingerprint density at radius 1 is 1.36 bits per heavy atom. The molecule has 1 aromatic carbocycles. The summed E-state index contributed by atoms with van der Waals surface area (Å²) in [7, 11) is 1.80. The van der Waals surface area contributed by atoms with Gasteiger partial charge in [-0.15, -0.1) is 0 Å². The second kappa shape index (κ2) is 7.65. The van der Waals surface area contributed by atoms with Crippen molar-refractivity contribution in [1.29, 1.82) is 0 Å². The van der Waals surface area contributed by atoms with Gasteiger partial charge in [-0.3, -0.25) is 4.57 Å². The van der Waals surface area contributed by atoms with Crippen LogP contribution in [-0.4, -0.2) is 45.6 Å². The molecular weight excluding hydrogens is 318 g/mol. The highest BCUT2D eigenvalue weighted by Crippen LogP contribution is 2.25. The molecule has 1 aliphatic rings. The van der Waals surface area contributed by atoms with E-state index in [1.165, 1.54) is 5.56 Å². The lowest BCUT2D eigenvalue weighted by Gasteiger charge is -2.16. The molecule has 134 valence electrons. The van der Waals surface area contributed by atoms with Crippen LogP contribution >= 0.6 is 0 Å². The minimum atomic E-state index is -0.420. The summed E-state index contributed by atoms with van der Waals surface area (Å²) in [6, 6.07) is 10.5. The highest BCUT2D eigenvalue weighted by atomic mass is 16.6. The van der Waals surface area contributed by atoms with Crippen LogP contribution in [0.4, 0.5) is 11.6 Å². The van der Waals surface area contributed by atoms with Gasteiger partial charge in [-0.2, -0.15) is 0 Å². The Morgan fingerprint density at radius 2 is 2.12 bits per heavy atom. The molecule has 2 heterocycles. The number of nitro groups is 1. The van der Waals surface area contributed by atoms with Crippen LogP contribution in [0.5, 0.6) is 0 Å². The molecular formula is C18H25N5O2. The van der Waals surface area contributed by atoms with Crippen molar-refractivity contribution in [1.82, 2.24) is 14.5 Å². The average molecular weight is 343 g/mol. The number of rotatable bonds is 7. The standard InChI is InChI=1S/C18H25N5O2/c1-14-20-18(23(24)25)17(21(14)2)19-12-16-9-11-22(13-16)10-8-15-6-4-3-5-7-15/h3-7,16,19H,8-13H2,1-2H3. The molecule has 1 unspecified atom stereocenters. The second-order valence-electron chi connectivity index (χ2n) is 6.72. The summed E-state index contributed by atoms with van der Waals surface area (Å²) >= 11 is 0. The highest BCUT2D eigenvalue weighted by Gasteiger charge is 2.26. The van der Waals surface area contributed by atoms with Gasteiger partial charge in [0.05, 0.1) is 0 Å². The van der Waals surface area contributed by atoms with Gasteiger partial charge in [0.25, 0.3) is 0 Å². The molecule has 0 aliphatic carbocycles. The highest BCUT2D eigenvalue weighted by molar-refractivity contribution is 5.53. The van der Waals surface area contributed by atoms with Gasteiger partial charge in [0.15, 0.2) is 0 Å². The Bertz CT molecular complexity index is 729. The fraction of sp³-hybridized carbons (Fsp3) is 0.500. The molecule has 0 saturated carbocycles. The van der Waals surface area contributed by atoms with E-state index in [9.17, 15) is 10.1 Å². The first kappa shape index (κ1) is 17.4. The quantitative estimate of drug-likeness (QED) is 0.618. The summed E-state index contributed by atoms with van der Waals surface area (Å²) in [6.07, 6.45) is 2.18. The predicted molar refractivity (Wildman–Crippen MR) is 97.8 cm³/mol. The maximum atomic E-state index is 11.1. The topological polar surface area (TPSA) is 76.2 Å². The molecule has 7 heteroatoms. The molecule has 0 amide bonds. The molecule has 1 aliphatic heterocycles. The van der Waals surface area contributed by atoms with Gasteiger partial charge in [0.1, 0.15) is 0 Å². The van der Waals surface area contributed by atoms with Gasteiger partial charge < -0.3 is 20.3 Å². The van der Waals surface area contributed by atoms with Gasteiger partial charge in [-0.1, -0.05) is 30.3 Å². The first-order chi connectivity index (χ1) is 12.0. The van der Waals surface area contributed by atoms with Crippen molar-refractivity contribution >= 4 is 11.6 Å². The van der Waals surface area contributed by atoms with Crippen LogP contribution in [0, 0.1) is 23.0 Å². The smallest absolute Gasteiger partial charge is 0.364 e. The van der Waals surface area contributed by atoms with Crippen molar-refractivity contribution in [3.63, 3.8) is 0 Å². The number of hydrogen-bond acceptors (Lipinski definition) is 5. The molecule has 0 spiro atoms. The Balaban J connectivity index is 1.50. The van der Waals surface area contributed by atoms with E-state index in [0.29, 0.717) is 17.6 Å². The normalized spacial score (nSPS) is 17.8. The molecule has 0 radical (unpaired) electrons. The number of hydrogen-bond donors (Lipinski definition) is 1. The maximum Gasteiger partial charge on any atom is 0.406 e. The molecule has 25 heavy (non-hydrogen) atoms. The third-order valence-corrected chi connectivity index (χ3v) is 4.96. The van der Waals surface area contributed by atoms with Gasteiger partial charge in [0.2, 0.25) is 11.6 Å². The number of imidazole rings is 1. The number of nitrogens with zero attached hydrogens (tertiary/aromatic N) is 4. The van der Waals surface area contributed by atoms with Crippen molar-refractivity contribution in [3.05, 3.63) is 51.8 Å². The van der Waals surface area contributed by atoms with Crippen molar-refractivity contribution in [2.24, 2.45) is 13.0 Å². The van der Waals surface area contributed by atoms with Crippen molar-refractivity contribution in [2.75, 3.05) is 31.5 Å². The third-order valence-electron chi connectivity index (χ3n) is 4.96. The lowest BCUT2D eigenvalue weighted by atomic mass is 10.1. The zero-order valence-electron chi connectivity index (χ0n) is 14.8. The first-order valence-electron chi connectivity index (χ1n) is 8.72. The van der Waals surface area contributed by atoms with Crippen LogP contribution in [0.3, 0.4) is 0 Å². The zero-order valence-corrected chi connectivity index (χ0v) is 14.8. The summed E-state index contributed by atoms with van der Waals surface area (Å²) in [4.78, 5) is 17.2. The minimum Gasteiger partial charge on any atom is -0.364 e. The minimum absolute atomic E-state index is 0.0843. The van der Waals surface area contributed by atoms with Crippen molar-refractivity contribution in [2.45, 2.75) is 19.8 Å². The van der Waals surface area contributed by atoms with Gasteiger partial charge in [0, 0.05) is 33.6 Å². The van der Waals surface area contributed by atoms with E-state index in [0.717, 1.165) is 39.0 Å². The average Bonchev–Trinajstić information content (AvgIpc) is 3.18. The Hall–Kier alpha value is -2.41. The van der Waals surface area contributed by atoms with Gasteiger partial charge >= 0.3 is 5.82 Å². The molecule has 3 rings (SSSR count). The van der Waals surface area contributed by atoms with Crippen LogP contribution in [0.25, 0.3) is 0 Å². The molecule has 1 N–H and O–H groups in total. The summed E-state index contributed by atoms with van der Waals surface area (Å²) in [5.74, 6) is 1.57. The molecule has 0 bridgehead atoms. The predicted octanol–water partition coefficient (Wildman–Crippen LogP) is 2.61. The van der Waals surface area contributed by atoms with Crippen LogP contribution < -0.4 is 5.32 Å². The zero-order chi connectivity index (χ0) is 17.8. The lowest BCUT2D eigenvalue weighted by Crippen LogP contribution is -2.25. The SMILES string of the molecule is Cc1nc([N+](=O)[O-])c(NCC2CCN(CCc3ccccc3)C2)n1C. The fourth-order valence-corrected chi connectivity index (χ4v) is 3.37. The fourth-order valence-electron chi connectivity index (χ4n) is 3.37. The van der Waals surface area contributed by atoms with E-state index in [1.807, 2.05) is 6.07 Å². The number of likely N-dealkylation sites (tertiary alicyclic amines) is 1. The van der Waals surface area contributed by atoms with Crippen LogP contribution in [0.1, 0.15) is 17.8 Å². The van der Waals surface area contributed by atoms with Crippen LogP contribution in [0.2, 0.25) is 0 Å². The van der Waals surface area contributed by atoms with Crippen molar-refractivity contribution < 1.29 is 4.92 Å². The van der Waals surface area contributed by atoms with Gasteiger partial charge in [-0.05, 0) is 40.8 Å². The summed E-state index contributed by atoms with van der Waals surface area (Å²) in [5.41, 5.74) is 1.37. The molecule has 1 atom stereocenters. The van der Waals surface area contributed by atoms with E-state index in [2.05, 4.69) is 39.5 Å². The number of nitrogens with one attached hydrogen (secondary N) is 1. The number of benzene rings is 1. The Morgan fingerprint density at radius 3 is 2.84 bits per heavy atom. The molecule has 2 aromatic rings. The van der Waals surface area contributed by atoms with E-state index in [-0.39, 0.29) is 5.82 Å². The number of aryl methyl sites for hydroxylation is 1. The Labute approximate surface area is 147 Å². The molecule has 1 saturated heterocycles. The monoisotopic (exact) mass is 343 g/mol. The molecule has 1 fully saturated rings. The maximum absolute atomic E-state index is 11.1. The van der Waals surface area contributed by atoms with Crippen LogP contribution in [-0.2, 0) is 13.5 Å².